The SMILES string of the molecule is Cc1cc(-c2ccc(C(C)C)c(S(=O)(=O)N3CCC4(CC3)OCCO4)c2)on1. The smallest absolute Gasteiger partial charge is 0.243 e. The van der Waals surface area contributed by atoms with E-state index in [1.54, 1.807) is 16.4 Å². The number of aromatic nitrogens is 1. The first kappa shape index (κ1) is 19.6. The highest BCUT2D eigenvalue weighted by Crippen LogP contribution is 2.36. The number of rotatable bonds is 4. The predicted octanol–water partition coefficient (Wildman–Crippen LogP) is 3.30. The maximum Gasteiger partial charge on any atom is 0.243 e. The Bertz CT molecular complexity index is 951. The molecule has 0 N–H and O–H groups in total. The Morgan fingerprint density at radius 2 is 1.79 bits per heavy atom. The number of piperidine rings is 1. The molecule has 8 heteroatoms. The van der Waals surface area contributed by atoms with Crippen LogP contribution in [0.1, 0.15) is 43.9 Å². The lowest BCUT2D eigenvalue weighted by molar-refractivity contribution is -0.179. The average molecular weight is 407 g/mol. The van der Waals surface area contributed by atoms with Crippen molar-refractivity contribution in [1.82, 2.24) is 9.46 Å². The fraction of sp³-hybridized carbons (Fsp3) is 0.550. The molecule has 0 bridgehead atoms. The van der Waals surface area contributed by atoms with Gasteiger partial charge in [0.05, 0.1) is 23.8 Å². The zero-order valence-electron chi connectivity index (χ0n) is 16.5. The van der Waals surface area contributed by atoms with Gasteiger partial charge in [-0.05, 0) is 24.5 Å². The van der Waals surface area contributed by atoms with E-state index in [0.717, 1.165) is 11.3 Å². The second-order valence-corrected chi connectivity index (χ2v) is 9.66. The van der Waals surface area contributed by atoms with Gasteiger partial charge in [-0.25, -0.2) is 8.42 Å². The standard InChI is InChI=1S/C20H26N2O5S/c1-14(2)17-5-4-16(18-12-15(3)21-27-18)13-19(17)28(23,24)22-8-6-20(7-9-22)25-10-11-26-20/h4-5,12-14H,6-11H2,1-3H3. The molecular weight excluding hydrogens is 380 g/mol. The predicted molar refractivity (Wildman–Crippen MR) is 103 cm³/mol. The van der Waals surface area contributed by atoms with Crippen molar-refractivity contribution >= 4 is 10.0 Å². The molecule has 1 aromatic carbocycles. The molecule has 0 atom stereocenters. The summed E-state index contributed by atoms with van der Waals surface area (Å²) in [7, 11) is -3.65. The topological polar surface area (TPSA) is 81.9 Å². The first-order valence-electron chi connectivity index (χ1n) is 9.66. The Hall–Kier alpha value is -1.74. The molecule has 3 heterocycles. The largest absolute Gasteiger partial charge is 0.356 e. The van der Waals surface area contributed by atoms with Crippen LogP contribution in [0.3, 0.4) is 0 Å². The summed E-state index contributed by atoms with van der Waals surface area (Å²) >= 11 is 0. The van der Waals surface area contributed by atoms with Crippen LogP contribution in [0.25, 0.3) is 11.3 Å². The molecule has 0 amide bonds. The number of ether oxygens (including phenoxy) is 2. The van der Waals surface area contributed by atoms with E-state index < -0.39 is 15.8 Å². The number of hydrogen-bond acceptors (Lipinski definition) is 6. The number of aryl methyl sites for hydroxylation is 1. The third-order valence-corrected chi connectivity index (χ3v) is 7.42. The zero-order valence-corrected chi connectivity index (χ0v) is 17.3. The van der Waals surface area contributed by atoms with Crippen molar-refractivity contribution in [2.75, 3.05) is 26.3 Å². The maximum absolute atomic E-state index is 13.5. The minimum atomic E-state index is -3.65. The van der Waals surface area contributed by atoms with Crippen molar-refractivity contribution in [1.29, 1.82) is 0 Å². The molecule has 0 saturated carbocycles. The molecule has 0 unspecified atom stereocenters. The second kappa shape index (κ2) is 7.26. The van der Waals surface area contributed by atoms with Crippen molar-refractivity contribution in [3.8, 4) is 11.3 Å². The Morgan fingerprint density at radius 1 is 1.11 bits per heavy atom. The summed E-state index contributed by atoms with van der Waals surface area (Å²) < 4.78 is 45.3. The highest BCUT2D eigenvalue weighted by atomic mass is 32.2. The van der Waals surface area contributed by atoms with Gasteiger partial charge >= 0.3 is 0 Å². The van der Waals surface area contributed by atoms with Gasteiger partial charge < -0.3 is 14.0 Å². The van der Waals surface area contributed by atoms with Crippen molar-refractivity contribution in [3.05, 3.63) is 35.5 Å². The van der Waals surface area contributed by atoms with E-state index in [1.165, 1.54) is 0 Å². The van der Waals surface area contributed by atoms with Gasteiger partial charge in [-0.3, -0.25) is 0 Å². The van der Waals surface area contributed by atoms with Gasteiger partial charge in [-0.1, -0.05) is 31.1 Å². The fourth-order valence-corrected chi connectivity index (χ4v) is 5.70. The van der Waals surface area contributed by atoms with E-state index in [-0.39, 0.29) is 5.92 Å². The lowest BCUT2D eigenvalue weighted by Crippen LogP contribution is -2.47. The molecule has 0 aliphatic carbocycles. The van der Waals surface area contributed by atoms with Gasteiger partial charge in [0.2, 0.25) is 10.0 Å². The first-order chi connectivity index (χ1) is 13.3. The van der Waals surface area contributed by atoms with Crippen molar-refractivity contribution in [2.45, 2.75) is 50.2 Å². The minimum absolute atomic E-state index is 0.0768. The average Bonchev–Trinajstić information content (AvgIpc) is 3.31. The summed E-state index contributed by atoms with van der Waals surface area (Å²) in [5, 5.41) is 3.91. The molecule has 7 nitrogen and oxygen atoms in total. The van der Waals surface area contributed by atoms with E-state index >= 15 is 0 Å². The summed E-state index contributed by atoms with van der Waals surface area (Å²) in [5.41, 5.74) is 2.26. The van der Waals surface area contributed by atoms with Crippen LogP contribution in [0.2, 0.25) is 0 Å². The molecule has 2 saturated heterocycles. The van der Waals surface area contributed by atoms with Gasteiger partial charge in [0.15, 0.2) is 11.5 Å². The Balaban J connectivity index is 1.67. The fourth-order valence-electron chi connectivity index (χ4n) is 3.88. The molecule has 1 aromatic heterocycles. The van der Waals surface area contributed by atoms with E-state index in [1.807, 2.05) is 32.9 Å². The molecular formula is C20H26N2O5S. The van der Waals surface area contributed by atoms with Crippen LogP contribution in [0.4, 0.5) is 0 Å². The van der Waals surface area contributed by atoms with Crippen molar-refractivity contribution in [3.63, 3.8) is 0 Å². The molecule has 1 spiro atoms. The molecule has 0 radical (unpaired) electrons. The third-order valence-electron chi connectivity index (χ3n) is 5.46. The van der Waals surface area contributed by atoms with Gasteiger partial charge in [0.25, 0.3) is 0 Å². The van der Waals surface area contributed by atoms with Crippen LogP contribution in [0.15, 0.2) is 33.7 Å². The molecule has 2 aliphatic heterocycles. The quantitative estimate of drug-likeness (QED) is 0.775. The summed E-state index contributed by atoms with van der Waals surface area (Å²) in [4.78, 5) is 0.332. The third kappa shape index (κ3) is 3.50. The number of hydrogen-bond donors (Lipinski definition) is 0. The van der Waals surface area contributed by atoms with Crippen molar-refractivity contribution < 1.29 is 22.4 Å². The van der Waals surface area contributed by atoms with Crippen LogP contribution in [-0.4, -0.2) is 50.0 Å². The maximum atomic E-state index is 13.5. The van der Waals surface area contributed by atoms with Gasteiger partial charge in [-0.2, -0.15) is 4.31 Å². The van der Waals surface area contributed by atoms with E-state index in [4.69, 9.17) is 14.0 Å². The monoisotopic (exact) mass is 406 g/mol. The summed E-state index contributed by atoms with van der Waals surface area (Å²) in [6, 6.07) is 7.27. The van der Waals surface area contributed by atoms with Crippen LogP contribution in [0, 0.1) is 6.92 Å². The molecule has 4 rings (SSSR count). The zero-order chi connectivity index (χ0) is 19.9. The lowest BCUT2D eigenvalue weighted by Gasteiger charge is -2.37. The number of benzene rings is 1. The van der Waals surface area contributed by atoms with Crippen LogP contribution in [0.5, 0.6) is 0 Å². The van der Waals surface area contributed by atoms with Crippen LogP contribution >= 0.6 is 0 Å². The molecule has 2 fully saturated rings. The second-order valence-electron chi connectivity index (χ2n) is 7.75. The highest BCUT2D eigenvalue weighted by Gasteiger charge is 2.43. The highest BCUT2D eigenvalue weighted by molar-refractivity contribution is 7.89. The van der Waals surface area contributed by atoms with Crippen LogP contribution < -0.4 is 0 Å². The molecule has 2 aliphatic rings. The Kier molecular flexibility index (Phi) is 5.07. The van der Waals surface area contributed by atoms with Crippen molar-refractivity contribution in [2.24, 2.45) is 0 Å². The van der Waals surface area contributed by atoms with Crippen LogP contribution in [-0.2, 0) is 19.5 Å². The molecule has 152 valence electrons. The number of nitrogens with zero attached hydrogens (tertiary/aromatic N) is 2. The van der Waals surface area contributed by atoms with Gasteiger partial charge in [-0.15, -0.1) is 0 Å². The Labute approximate surface area is 165 Å². The van der Waals surface area contributed by atoms with E-state index in [9.17, 15) is 8.42 Å². The summed E-state index contributed by atoms with van der Waals surface area (Å²) in [5.74, 6) is 0.0362. The molecule has 2 aromatic rings. The molecule has 28 heavy (non-hydrogen) atoms. The van der Waals surface area contributed by atoms with Gasteiger partial charge in [0.1, 0.15) is 0 Å². The summed E-state index contributed by atoms with van der Waals surface area (Å²) in [6.45, 7) is 7.74. The summed E-state index contributed by atoms with van der Waals surface area (Å²) in [6.07, 6.45) is 1.09. The Morgan fingerprint density at radius 3 is 2.36 bits per heavy atom. The van der Waals surface area contributed by atoms with E-state index in [0.29, 0.717) is 55.4 Å². The lowest BCUT2D eigenvalue weighted by atomic mass is 10.0. The minimum Gasteiger partial charge on any atom is -0.356 e. The number of sulfonamides is 1. The first-order valence-corrected chi connectivity index (χ1v) is 11.1. The normalized spacial score (nSPS) is 20.3. The van der Waals surface area contributed by atoms with Gasteiger partial charge in [0, 0.05) is 37.6 Å². The van der Waals surface area contributed by atoms with E-state index in [2.05, 4.69) is 5.16 Å².